The summed E-state index contributed by atoms with van der Waals surface area (Å²) in [5.74, 6) is -2.66. The first kappa shape index (κ1) is 63.9. The number of hydrogen-bond donors (Lipinski definition) is 0. The van der Waals surface area contributed by atoms with Crippen molar-refractivity contribution in [3.05, 3.63) is 135 Å². The number of ether oxygens (including phenoxy) is 9. The molecule has 0 atom stereocenters. The van der Waals surface area contributed by atoms with Crippen LogP contribution in [0.15, 0.2) is 134 Å². The molecule has 4 aromatic carbocycles. The van der Waals surface area contributed by atoms with E-state index in [0.717, 1.165) is 79.8 Å². The normalized spacial score (nSPS) is 16.5. The topological polar surface area (TPSA) is 231 Å². The van der Waals surface area contributed by atoms with Gasteiger partial charge < -0.3 is 42.6 Å². The van der Waals surface area contributed by atoms with Gasteiger partial charge in [-0.15, -0.1) is 0 Å². The second kappa shape index (κ2) is 34.2. The Labute approximate surface area is 498 Å². The van der Waals surface area contributed by atoms with Crippen LogP contribution in [0.1, 0.15) is 108 Å². The highest BCUT2D eigenvalue weighted by Crippen LogP contribution is 2.36. The average molecular weight is 1180 g/mol. The van der Waals surface area contributed by atoms with E-state index in [1.54, 1.807) is 59.6 Å². The minimum absolute atomic E-state index is 0.0529. The number of anilines is 1. The van der Waals surface area contributed by atoms with Crippen LogP contribution in [0.25, 0.3) is 10.2 Å². The lowest BCUT2D eigenvalue weighted by Crippen LogP contribution is -2.30. The third-order valence-electron chi connectivity index (χ3n) is 14.3. The van der Waals surface area contributed by atoms with E-state index in [1.165, 1.54) is 29.7 Å². The van der Waals surface area contributed by atoms with Gasteiger partial charge in [-0.25, -0.2) is 24.4 Å². The van der Waals surface area contributed by atoms with E-state index in [2.05, 4.69) is 19.7 Å². The summed E-state index contributed by atoms with van der Waals surface area (Å²) >= 11 is 1.38. The second-order valence-corrected chi connectivity index (χ2v) is 21.4. The Bertz CT molecular complexity index is 3050. The van der Waals surface area contributed by atoms with Crippen LogP contribution in [0.5, 0.6) is 34.5 Å². The van der Waals surface area contributed by atoms with Crippen LogP contribution >= 0.6 is 11.3 Å². The molecular formula is C65H73N3O16S. The van der Waals surface area contributed by atoms with Crippen LogP contribution in [-0.2, 0) is 47.8 Å². The lowest BCUT2D eigenvalue weighted by atomic mass is 9.82. The molecule has 0 N–H and O–H groups in total. The standard InChI is InChI=1S/C65H73N3O16S/c1-4-58(69)78-40-15-9-7-13-38-76-50-27-31-52(32-28-50)81-61(72)45-19-21-47(22-20-45)63(74)83-54-35-36-56(49(43-54)44-66-68(37-42-80-60(71)6-3)65-67-55-17-11-12-18-57(55)85-65)84-64(75)48-25-23-46(24-26-48)62(73)82-53-33-29-51(30-34-53)77-39-14-8-10-16-41-79-59(70)5-2/h4-6,11-12,17-18,27-36,43-48H,1-3,7-10,13-16,19-26,37-42H2/b66-44+/t45-,46-,47-,48-. The number of carbonyl (C=O) groups excluding carboxylic acids is 7. The molecule has 0 aliphatic heterocycles. The molecule has 2 fully saturated rings. The number of para-hydroxylation sites is 1. The number of unbranched alkanes of at least 4 members (excludes halogenated alkanes) is 6. The molecule has 1 heterocycles. The second-order valence-electron chi connectivity index (χ2n) is 20.4. The number of esters is 7. The summed E-state index contributed by atoms with van der Waals surface area (Å²) in [6.07, 6.45) is 14.9. The summed E-state index contributed by atoms with van der Waals surface area (Å²) < 4.78 is 51.3. The van der Waals surface area contributed by atoms with Gasteiger partial charge in [-0.05, 0) is 182 Å². The number of benzene rings is 4. The molecule has 0 saturated heterocycles. The van der Waals surface area contributed by atoms with Crippen LogP contribution < -0.4 is 33.4 Å². The van der Waals surface area contributed by atoms with Crippen molar-refractivity contribution in [3.63, 3.8) is 0 Å². The first-order valence-corrected chi connectivity index (χ1v) is 29.7. The molecule has 0 spiro atoms. The van der Waals surface area contributed by atoms with Gasteiger partial charge in [-0.1, -0.05) is 43.2 Å². The van der Waals surface area contributed by atoms with Crippen molar-refractivity contribution in [1.82, 2.24) is 4.98 Å². The van der Waals surface area contributed by atoms with E-state index in [1.807, 2.05) is 24.3 Å². The number of carbonyl (C=O) groups is 7. The smallest absolute Gasteiger partial charge is 0.330 e. The molecule has 450 valence electrons. The number of aromatic nitrogens is 1. The Kier molecular flexibility index (Phi) is 25.7. The minimum Gasteiger partial charge on any atom is -0.494 e. The summed E-state index contributed by atoms with van der Waals surface area (Å²) in [7, 11) is 0. The molecule has 2 aliphatic rings. The fourth-order valence-electron chi connectivity index (χ4n) is 9.47. The van der Waals surface area contributed by atoms with Crippen molar-refractivity contribution in [3.8, 4) is 34.5 Å². The van der Waals surface area contributed by atoms with Crippen LogP contribution in [0.4, 0.5) is 5.13 Å². The number of nitrogens with zero attached hydrogens (tertiary/aromatic N) is 3. The fourth-order valence-corrected chi connectivity index (χ4v) is 10.4. The number of rotatable bonds is 33. The Morgan fingerprint density at radius 2 is 0.882 bits per heavy atom. The molecule has 2 saturated carbocycles. The largest absolute Gasteiger partial charge is 0.494 e. The summed E-state index contributed by atoms with van der Waals surface area (Å²) in [6.45, 7) is 12.0. The van der Waals surface area contributed by atoms with Gasteiger partial charge in [0.2, 0.25) is 5.13 Å². The average Bonchev–Trinajstić information content (AvgIpc) is 4.08. The maximum Gasteiger partial charge on any atom is 0.330 e. The highest BCUT2D eigenvalue weighted by molar-refractivity contribution is 7.22. The summed E-state index contributed by atoms with van der Waals surface area (Å²) in [6, 6.07) is 25.9. The molecule has 0 amide bonds. The molecule has 0 radical (unpaired) electrons. The third kappa shape index (κ3) is 21.2. The van der Waals surface area contributed by atoms with Gasteiger partial charge >= 0.3 is 41.8 Å². The Hall–Kier alpha value is -8.65. The molecule has 2 aliphatic carbocycles. The van der Waals surface area contributed by atoms with Crippen LogP contribution in [0, 0.1) is 23.7 Å². The Morgan fingerprint density at radius 1 is 0.482 bits per heavy atom. The molecular weight excluding hydrogens is 1110 g/mol. The van der Waals surface area contributed by atoms with Crippen LogP contribution in [0.2, 0.25) is 0 Å². The first-order valence-electron chi connectivity index (χ1n) is 28.9. The van der Waals surface area contributed by atoms with Gasteiger partial charge in [0.05, 0.1) is 73.1 Å². The maximum atomic E-state index is 13.9. The van der Waals surface area contributed by atoms with Gasteiger partial charge in [0.1, 0.15) is 41.1 Å². The highest BCUT2D eigenvalue weighted by atomic mass is 32.1. The van der Waals surface area contributed by atoms with E-state index in [0.29, 0.717) is 111 Å². The number of hydrogen-bond acceptors (Lipinski definition) is 20. The quantitative estimate of drug-likeness (QED) is 0.00723. The number of thiazole rings is 1. The molecule has 19 nitrogen and oxygen atoms in total. The summed E-state index contributed by atoms with van der Waals surface area (Å²) in [5, 5.41) is 6.80. The molecule has 5 aromatic rings. The molecule has 20 heteroatoms. The van der Waals surface area contributed by atoms with Crippen molar-refractivity contribution >= 4 is 74.7 Å². The van der Waals surface area contributed by atoms with Crippen molar-refractivity contribution in [2.45, 2.75) is 103 Å². The number of fused-ring (bicyclic) bond motifs is 1. The predicted octanol–water partition coefficient (Wildman–Crippen LogP) is 11.8. The van der Waals surface area contributed by atoms with E-state index < -0.39 is 53.5 Å². The predicted molar refractivity (Wildman–Crippen MR) is 319 cm³/mol. The van der Waals surface area contributed by atoms with Crippen LogP contribution in [-0.4, -0.2) is 92.6 Å². The lowest BCUT2D eigenvalue weighted by Gasteiger charge is -2.26. The number of hydrazone groups is 1. The molecule has 1 aromatic heterocycles. The zero-order chi connectivity index (χ0) is 60.2. The molecule has 0 bridgehead atoms. The zero-order valence-electron chi connectivity index (χ0n) is 47.7. The van der Waals surface area contributed by atoms with Crippen molar-refractivity contribution in [2.75, 3.05) is 44.6 Å². The summed E-state index contributed by atoms with van der Waals surface area (Å²) in [5.41, 5.74) is 1.04. The van der Waals surface area contributed by atoms with E-state index in [9.17, 15) is 33.6 Å². The minimum atomic E-state index is -0.605. The maximum absolute atomic E-state index is 13.9. The van der Waals surface area contributed by atoms with Gasteiger partial charge in [-0.2, -0.15) is 5.10 Å². The highest BCUT2D eigenvalue weighted by Gasteiger charge is 2.34. The molecule has 85 heavy (non-hydrogen) atoms. The van der Waals surface area contributed by atoms with Gasteiger partial charge in [0.15, 0.2) is 0 Å². The third-order valence-corrected chi connectivity index (χ3v) is 15.3. The van der Waals surface area contributed by atoms with Crippen LogP contribution in [0.3, 0.4) is 0 Å². The van der Waals surface area contributed by atoms with Crippen molar-refractivity contribution < 1.29 is 76.2 Å². The van der Waals surface area contributed by atoms with Gasteiger partial charge in [-0.3, -0.25) is 19.2 Å². The monoisotopic (exact) mass is 1180 g/mol. The van der Waals surface area contributed by atoms with Gasteiger partial charge in [0.25, 0.3) is 0 Å². The van der Waals surface area contributed by atoms with E-state index in [4.69, 9.17) is 52.7 Å². The fraction of sp³-hybridized carbons (Fsp3) is 0.400. The van der Waals surface area contributed by atoms with Gasteiger partial charge in [0, 0.05) is 23.8 Å². The molecule has 7 rings (SSSR count). The zero-order valence-corrected chi connectivity index (χ0v) is 48.6. The lowest BCUT2D eigenvalue weighted by molar-refractivity contribution is -0.145. The van der Waals surface area contributed by atoms with E-state index in [-0.39, 0.29) is 36.6 Å². The van der Waals surface area contributed by atoms with Crippen molar-refractivity contribution in [1.29, 1.82) is 0 Å². The SMILES string of the molecule is C=CC(=O)OCCCCCCOc1ccc(OC(=O)[C@H]2CC[C@H](C(=O)Oc3ccc(OC(=O)[C@H]4CC[C@H](C(=O)Oc5ccc(OCCCCCCOC(=O)C=C)cc5)CC4)c(/C=N/N(CCOC(=O)C=C)c4nc5ccccc5s4)c3)CC2)cc1. The van der Waals surface area contributed by atoms with Crippen molar-refractivity contribution in [2.24, 2.45) is 28.8 Å². The summed E-state index contributed by atoms with van der Waals surface area (Å²) in [4.78, 5) is 93.3. The first-order chi connectivity index (χ1) is 41.4. The van der Waals surface area contributed by atoms with E-state index >= 15 is 0 Å². The Morgan fingerprint density at radius 3 is 1.34 bits per heavy atom. The Balaban J connectivity index is 0.920. The molecule has 0 unspecified atom stereocenters.